The first kappa shape index (κ1) is 12.0. The fraction of sp³-hybridized carbons (Fsp3) is 0.0714. The molecule has 0 aliphatic heterocycles. The molecule has 0 fully saturated rings. The van der Waals surface area contributed by atoms with E-state index in [9.17, 15) is 9.90 Å². The Bertz CT molecular complexity index is 576. The van der Waals surface area contributed by atoms with Crippen LogP contribution in [0, 0.1) is 6.92 Å². The fourth-order valence-corrected chi connectivity index (χ4v) is 1.55. The number of amides is 1. The van der Waals surface area contributed by atoms with Gasteiger partial charge in [0.05, 0.1) is 0 Å². The van der Waals surface area contributed by atoms with Crippen molar-refractivity contribution in [2.24, 2.45) is 0 Å². The number of carbonyl (C=O) groups is 1. The van der Waals surface area contributed by atoms with Crippen LogP contribution in [0.3, 0.4) is 0 Å². The molecule has 18 heavy (non-hydrogen) atoms. The first-order valence-corrected chi connectivity index (χ1v) is 5.46. The second-order valence-electron chi connectivity index (χ2n) is 4.00. The Labute approximate surface area is 105 Å². The van der Waals surface area contributed by atoms with Gasteiger partial charge in [-0.3, -0.25) is 4.79 Å². The van der Waals surface area contributed by atoms with E-state index in [1.165, 1.54) is 30.3 Å². The fourth-order valence-electron chi connectivity index (χ4n) is 1.55. The molecule has 0 aliphatic rings. The molecule has 1 amide bonds. The van der Waals surface area contributed by atoms with Gasteiger partial charge in [0, 0.05) is 11.3 Å². The first-order chi connectivity index (χ1) is 8.56. The molecule has 4 heteroatoms. The molecule has 0 saturated heterocycles. The van der Waals surface area contributed by atoms with Crippen molar-refractivity contribution in [2.45, 2.75) is 6.92 Å². The van der Waals surface area contributed by atoms with Crippen LogP contribution in [-0.4, -0.2) is 16.1 Å². The largest absolute Gasteiger partial charge is 0.508 e. The Morgan fingerprint density at radius 3 is 2.33 bits per heavy atom. The molecule has 0 atom stereocenters. The number of benzene rings is 2. The van der Waals surface area contributed by atoms with E-state index in [1.807, 2.05) is 0 Å². The van der Waals surface area contributed by atoms with Crippen molar-refractivity contribution in [2.75, 3.05) is 5.32 Å². The summed E-state index contributed by atoms with van der Waals surface area (Å²) in [7, 11) is 0. The Morgan fingerprint density at radius 2 is 1.72 bits per heavy atom. The second-order valence-corrected chi connectivity index (χ2v) is 4.00. The Kier molecular flexibility index (Phi) is 3.19. The van der Waals surface area contributed by atoms with Crippen molar-refractivity contribution in [3.8, 4) is 11.5 Å². The minimum Gasteiger partial charge on any atom is -0.508 e. The van der Waals surface area contributed by atoms with E-state index in [-0.39, 0.29) is 17.4 Å². The minimum absolute atomic E-state index is 0.118. The standard InChI is InChI=1S/C14H13NO3/c1-9-8-11(4-7-13(9)17)15-14(18)10-2-5-12(16)6-3-10/h2-8,16-17H,1H3,(H,15,18). The van der Waals surface area contributed by atoms with E-state index in [0.29, 0.717) is 16.8 Å². The molecule has 0 saturated carbocycles. The summed E-state index contributed by atoms with van der Waals surface area (Å²) >= 11 is 0. The molecule has 0 spiro atoms. The summed E-state index contributed by atoms with van der Waals surface area (Å²) in [6, 6.07) is 10.8. The summed E-state index contributed by atoms with van der Waals surface area (Å²) in [6.45, 7) is 1.76. The van der Waals surface area contributed by atoms with Crippen molar-refractivity contribution in [3.63, 3.8) is 0 Å². The average Bonchev–Trinajstić information content (AvgIpc) is 2.34. The molecule has 0 heterocycles. The smallest absolute Gasteiger partial charge is 0.255 e. The van der Waals surface area contributed by atoms with Gasteiger partial charge in [-0.15, -0.1) is 0 Å². The summed E-state index contributed by atoms with van der Waals surface area (Å²) in [6.07, 6.45) is 0. The van der Waals surface area contributed by atoms with Gasteiger partial charge >= 0.3 is 0 Å². The molecule has 0 aromatic heterocycles. The molecular formula is C14H13NO3. The SMILES string of the molecule is Cc1cc(NC(=O)c2ccc(O)cc2)ccc1O. The zero-order valence-electron chi connectivity index (χ0n) is 9.84. The first-order valence-electron chi connectivity index (χ1n) is 5.46. The quantitative estimate of drug-likeness (QED) is 0.710. The van der Waals surface area contributed by atoms with E-state index >= 15 is 0 Å². The summed E-state index contributed by atoms with van der Waals surface area (Å²) in [5, 5.41) is 21.2. The molecule has 3 N–H and O–H groups in total. The second kappa shape index (κ2) is 4.79. The lowest BCUT2D eigenvalue weighted by atomic mass is 10.1. The van der Waals surface area contributed by atoms with Gasteiger partial charge in [-0.2, -0.15) is 0 Å². The molecule has 4 nitrogen and oxygen atoms in total. The number of aryl methyl sites for hydroxylation is 1. The molecule has 0 bridgehead atoms. The Hall–Kier alpha value is -2.49. The number of carbonyl (C=O) groups excluding carboxylic acids is 1. The van der Waals surface area contributed by atoms with Gasteiger partial charge < -0.3 is 15.5 Å². The molecule has 0 unspecified atom stereocenters. The molecular weight excluding hydrogens is 230 g/mol. The lowest BCUT2D eigenvalue weighted by Gasteiger charge is -2.07. The van der Waals surface area contributed by atoms with Crippen LogP contribution in [0.1, 0.15) is 15.9 Å². The molecule has 2 aromatic rings. The van der Waals surface area contributed by atoms with E-state index in [1.54, 1.807) is 19.1 Å². The number of aromatic hydroxyl groups is 2. The van der Waals surface area contributed by atoms with Gasteiger partial charge in [-0.05, 0) is 55.0 Å². The zero-order chi connectivity index (χ0) is 13.1. The van der Waals surface area contributed by atoms with Crippen molar-refractivity contribution < 1.29 is 15.0 Å². The number of hydrogen-bond acceptors (Lipinski definition) is 3. The monoisotopic (exact) mass is 243 g/mol. The Balaban J connectivity index is 2.16. The molecule has 2 rings (SSSR count). The summed E-state index contributed by atoms with van der Waals surface area (Å²) in [4.78, 5) is 11.9. The van der Waals surface area contributed by atoms with Crippen molar-refractivity contribution in [3.05, 3.63) is 53.6 Å². The van der Waals surface area contributed by atoms with Crippen molar-refractivity contribution in [1.82, 2.24) is 0 Å². The third-order valence-corrected chi connectivity index (χ3v) is 2.58. The highest BCUT2D eigenvalue weighted by Gasteiger charge is 2.06. The van der Waals surface area contributed by atoms with Crippen molar-refractivity contribution >= 4 is 11.6 Å². The number of phenols is 2. The number of hydrogen-bond donors (Lipinski definition) is 3. The number of rotatable bonds is 2. The van der Waals surface area contributed by atoms with Gasteiger partial charge in [0.2, 0.25) is 0 Å². The van der Waals surface area contributed by atoms with Crippen LogP contribution in [0.2, 0.25) is 0 Å². The maximum Gasteiger partial charge on any atom is 0.255 e. The van der Waals surface area contributed by atoms with Gasteiger partial charge in [-0.25, -0.2) is 0 Å². The normalized spacial score (nSPS) is 10.1. The van der Waals surface area contributed by atoms with E-state index in [4.69, 9.17) is 5.11 Å². The molecule has 0 aliphatic carbocycles. The summed E-state index contributed by atoms with van der Waals surface area (Å²) < 4.78 is 0. The van der Waals surface area contributed by atoms with E-state index in [0.717, 1.165) is 0 Å². The van der Waals surface area contributed by atoms with Crippen LogP contribution >= 0.6 is 0 Å². The Morgan fingerprint density at radius 1 is 1.06 bits per heavy atom. The van der Waals surface area contributed by atoms with Crippen LogP contribution < -0.4 is 5.32 Å². The average molecular weight is 243 g/mol. The van der Waals surface area contributed by atoms with Crippen molar-refractivity contribution in [1.29, 1.82) is 0 Å². The number of phenolic OH excluding ortho intramolecular Hbond substituents is 2. The van der Waals surface area contributed by atoms with Crippen LogP contribution in [0.4, 0.5) is 5.69 Å². The topological polar surface area (TPSA) is 69.6 Å². The minimum atomic E-state index is -0.264. The predicted octanol–water partition coefficient (Wildman–Crippen LogP) is 2.66. The summed E-state index contributed by atoms with van der Waals surface area (Å²) in [5.41, 5.74) is 1.76. The van der Waals surface area contributed by atoms with Gasteiger partial charge in [-0.1, -0.05) is 0 Å². The van der Waals surface area contributed by atoms with Crippen LogP contribution in [-0.2, 0) is 0 Å². The maximum absolute atomic E-state index is 11.9. The zero-order valence-corrected chi connectivity index (χ0v) is 9.84. The predicted molar refractivity (Wildman–Crippen MR) is 68.9 cm³/mol. The lowest BCUT2D eigenvalue weighted by molar-refractivity contribution is 0.102. The lowest BCUT2D eigenvalue weighted by Crippen LogP contribution is -2.11. The van der Waals surface area contributed by atoms with Crippen LogP contribution in [0.5, 0.6) is 11.5 Å². The molecule has 0 radical (unpaired) electrons. The van der Waals surface area contributed by atoms with E-state index in [2.05, 4.69) is 5.32 Å². The molecule has 2 aromatic carbocycles. The highest BCUT2D eigenvalue weighted by Crippen LogP contribution is 2.20. The third kappa shape index (κ3) is 2.60. The van der Waals surface area contributed by atoms with Crippen LogP contribution in [0.15, 0.2) is 42.5 Å². The van der Waals surface area contributed by atoms with Crippen LogP contribution in [0.25, 0.3) is 0 Å². The van der Waals surface area contributed by atoms with Gasteiger partial charge in [0.25, 0.3) is 5.91 Å². The van der Waals surface area contributed by atoms with E-state index < -0.39 is 0 Å². The third-order valence-electron chi connectivity index (χ3n) is 2.58. The highest BCUT2D eigenvalue weighted by atomic mass is 16.3. The summed E-state index contributed by atoms with van der Waals surface area (Å²) in [5.74, 6) is 0.0461. The number of anilines is 1. The number of nitrogens with one attached hydrogen (secondary N) is 1. The molecule has 92 valence electrons. The van der Waals surface area contributed by atoms with Gasteiger partial charge in [0.1, 0.15) is 11.5 Å². The maximum atomic E-state index is 11.9. The van der Waals surface area contributed by atoms with Gasteiger partial charge in [0.15, 0.2) is 0 Å². The highest BCUT2D eigenvalue weighted by molar-refractivity contribution is 6.04.